The second kappa shape index (κ2) is 52.9. The molecule has 1 atom stereocenters. The van der Waals surface area contributed by atoms with Crippen LogP contribution in [0.15, 0.2) is 103 Å². The number of aliphatic hydroxyl groups is 1. The summed E-state index contributed by atoms with van der Waals surface area (Å²) in [5, 5.41) is 12.1. The molecule has 1 unspecified atom stereocenters. The molecule has 0 heterocycles. The van der Waals surface area contributed by atoms with Crippen molar-refractivity contribution in [3.63, 3.8) is 0 Å². The van der Waals surface area contributed by atoms with Gasteiger partial charge in [0, 0.05) is 60.5 Å². The van der Waals surface area contributed by atoms with E-state index in [1.54, 1.807) is 0 Å². The van der Waals surface area contributed by atoms with E-state index < -0.39 is 5.92 Å². The van der Waals surface area contributed by atoms with Gasteiger partial charge in [-0.15, -0.1) is 0 Å². The molecule has 4 heteroatoms. The van der Waals surface area contributed by atoms with Crippen LogP contribution in [-0.4, -0.2) is 33.3 Å². The van der Waals surface area contributed by atoms with Crippen LogP contribution in [0.5, 0.6) is 0 Å². The van der Waals surface area contributed by atoms with Crippen LogP contribution in [0.3, 0.4) is 0 Å². The number of aryl methyl sites for hydroxylation is 2. The van der Waals surface area contributed by atoms with Crippen LogP contribution in [-0.2, 0) is 17.6 Å². The molecule has 2 aliphatic carbocycles. The van der Waals surface area contributed by atoms with E-state index in [2.05, 4.69) is 148 Å². The van der Waals surface area contributed by atoms with Crippen LogP contribution < -0.4 is 4.90 Å². The fourth-order valence-corrected chi connectivity index (χ4v) is 15.4. The van der Waals surface area contributed by atoms with E-state index in [4.69, 9.17) is 0 Å². The molecule has 94 heavy (non-hydrogen) atoms. The standard InChI is InChI=1S/C90H146N2O2/c1-7-13-19-25-31-37-43-49-55-77-61-69-83(70-62-77)91(81(57-51-45-39-33-27-21-15-9-3)58-52-46-40-34-28-22-16-10-4)85-73-65-79(66-74-85)87-89(93)88(90(87)94)80-67-75-86(76-68-80)92(84-71-63-78(64-72-84)56-50-44-38-32-26-20-14-8-2)82(59-53-47-41-35-29-23-17-11-5)60-54-48-42-36-30-24-18-12-6/h61-76,79,81-82,87H,7-60H2,1-6H3/p+1. The van der Waals surface area contributed by atoms with Gasteiger partial charge in [0.2, 0.25) is 11.4 Å². The molecule has 0 aliphatic heterocycles. The van der Waals surface area contributed by atoms with Gasteiger partial charge >= 0.3 is 0 Å². The van der Waals surface area contributed by atoms with E-state index >= 15 is 0 Å². The number of carbonyl (C=O) groups excluding carboxylic acids is 1. The second-order valence-electron chi connectivity index (χ2n) is 29.8. The zero-order valence-corrected chi connectivity index (χ0v) is 62.5. The highest BCUT2D eigenvalue weighted by atomic mass is 16.3. The zero-order valence-electron chi connectivity index (χ0n) is 62.5. The number of anilines is 2. The van der Waals surface area contributed by atoms with Crippen molar-refractivity contribution < 1.29 is 14.5 Å². The quantitative estimate of drug-likeness (QED) is 0.0452. The molecular formula is C90H147N2O2+. The monoisotopic (exact) mass is 1290 g/mol. The number of hydrogen-bond donors (Lipinski definition) is 1. The van der Waals surface area contributed by atoms with Crippen molar-refractivity contribution in [2.75, 3.05) is 4.90 Å². The summed E-state index contributed by atoms with van der Waals surface area (Å²) in [6.07, 6.45) is 80.3. The average molecular weight is 1290 g/mol. The minimum atomic E-state index is -0.554. The predicted octanol–water partition coefficient (Wildman–Crippen LogP) is 29.0. The third kappa shape index (κ3) is 32.0. The molecule has 4 nitrogen and oxygen atoms in total. The maximum atomic E-state index is 14.6. The third-order valence-corrected chi connectivity index (χ3v) is 21.5. The number of allylic oxidation sites excluding steroid dienone is 6. The lowest BCUT2D eigenvalue weighted by molar-refractivity contribution is -0.486. The molecule has 2 aliphatic rings. The van der Waals surface area contributed by atoms with Crippen molar-refractivity contribution in [3.05, 3.63) is 120 Å². The summed E-state index contributed by atoms with van der Waals surface area (Å²) in [7, 11) is 0. The summed E-state index contributed by atoms with van der Waals surface area (Å²) in [6.45, 7) is 13.9. The molecule has 528 valence electrons. The first kappa shape index (κ1) is 80.5. The Morgan fingerprint density at radius 1 is 0.362 bits per heavy atom. The number of hydrogen-bond acceptors (Lipinski definition) is 3. The van der Waals surface area contributed by atoms with Crippen LogP contribution in [0.1, 0.15) is 392 Å². The Morgan fingerprint density at radius 3 is 1.00 bits per heavy atom. The molecule has 3 aromatic carbocycles. The number of benzene rings is 3. The Bertz CT molecular complexity index is 2400. The Kier molecular flexibility index (Phi) is 45.3. The summed E-state index contributed by atoms with van der Waals surface area (Å²) in [5.41, 5.74) is 9.22. The molecule has 0 fully saturated rings. The lowest BCUT2D eigenvalue weighted by atomic mass is 9.71. The van der Waals surface area contributed by atoms with Gasteiger partial charge in [0.25, 0.3) is 0 Å². The third-order valence-electron chi connectivity index (χ3n) is 21.5. The van der Waals surface area contributed by atoms with Gasteiger partial charge in [-0.25, -0.2) is 0 Å². The molecule has 3 aromatic rings. The lowest BCUT2D eigenvalue weighted by Crippen LogP contribution is -2.36. The van der Waals surface area contributed by atoms with Crippen molar-refractivity contribution >= 4 is 34.1 Å². The van der Waals surface area contributed by atoms with E-state index in [0.717, 1.165) is 18.4 Å². The van der Waals surface area contributed by atoms with Gasteiger partial charge < -0.3 is 10.0 Å². The lowest BCUT2D eigenvalue weighted by Gasteiger charge is -2.35. The van der Waals surface area contributed by atoms with Gasteiger partial charge in [-0.1, -0.05) is 373 Å². The van der Waals surface area contributed by atoms with Gasteiger partial charge in [0.1, 0.15) is 5.76 Å². The second-order valence-corrected chi connectivity index (χ2v) is 29.8. The molecule has 0 radical (unpaired) electrons. The molecule has 1 N–H and O–H groups in total. The predicted molar refractivity (Wildman–Crippen MR) is 415 cm³/mol. The smallest absolute Gasteiger partial charge is 0.205 e. The SMILES string of the molecule is CCCCCCCCCCc1ccc(N(c2ccc(C3=C(O)C(C4C=CC(=[N+](c5ccc(CCCCCCCCCC)cc5)C(CCCCCCCCCC)CCCCCCCCCC)C=C4)C3=O)cc2)C(CCCCCCCCCC)CCCCCCCCCC)cc1. The van der Waals surface area contributed by atoms with E-state index in [1.807, 2.05) is 0 Å². The molecule has 0 saturated carbocycles. The summed E-state index contributed by atoms with van der Waals surface area (Å²) in [6, 6.07) is 28.9. The van der Waals surface area contributed by atoms with Gasteiger partial charge in [0.15, 0.2) is 11.8 Å². The first-order valence-electron chi connectivity index (χ1n) is 41.5. The first-order valence-corrected chi connectivity index (χ1v) is 41.5. The van der Waals surface area contributed by atoms with Crippen molar-refractivity contribution in [3.8, 4) is 0 Å². The largest absolute Gasteiger partial charge is 0.511 e. The van der Waals surface area contributed by atoms with Gasteiger partial charge in [-0.2, -0.15) is 4.58 Å². The summed E-state index contributed by atoms with van der Waals surface area (Å²) in [5.74, 6) is -0.429. The number of carbonyl (C=O) groups is 1. The summed E-state index contributed by atoms with van der Waals surface area (Å²) >= 11 is 0. The normalized spacial score (nSPS) is 14.8. The topological polar surface area (TPSA) is 43.5 Å². The van der Waals surface area contributed by atoms with Crippen LogP contribution in [0.4, 0.5) is 17.1 Å². The molecule has 0 saturated heterocycles. The maximum Gasteiger partial charge on any atom is 0.205 e. The van der Waals surface area contributed by atoms with Crippen LogP contribution in [0.25, 0.3) is 5.57 Å². The fourth-order valence-electron chi connectivity index (χ4n) is 15.4. The van der Waals surface area contributed by atoms with Crippen LogP contribution in [0.2, 0.25) is 0 Å². The highest BCUT2D eigenvalue weighted by Gasteiger charge is 2.44. The number of ketones is 1. The average Bonchev–Trinajstić information content (AvgIpc) is 0.772. The number of nitrogens with zero attached hydrogens (tertiary/aromatic N) is 2. The fraction of sp³-hybridized carbons (Fsp3) is 0.711. The van der Waals surface area contributed by atoms with Gasteiger partial charge in [-0.05, 0) is 92.3 Å². The van der Waals surface area contributed by atoms with E-state index in [1.165, 1.54) is 368 Å². The molecule has 0 aromatic heterocycles. The zero-order chi connectivity index (χ0) is 66.7. The Morgan fingerprint density at radius 2 is 0.660 bits per heavy atom. The minimum absolute atomic E-state index is 0.0606. The minimum Gasteiger partial charge on any atom is -0.511 e. The van der Waals surface area contributed by atoms with Crippen molar-refractivity contribution in [2.24, 2.45) is 11.8 Å². The number of unbranched alkanes of at least 4 members (excludes halogenated alkanes) is 42. The van der Waals surface area contributed by atoms with Gasteiger partial charge in [0.05, 0.1) is 11.5 Å². The van der Waals surface area contributed by atoms with E-state index in [9.17, 15) is 9.90 Å². The van der Waals surface area contributed by atoms with E-state index in [-0.39, 0.29) is 17.5 Å². The summed E-state index contributed by atoms with van der Waals surface area (Å²) in [4.78, 5) is 17.3. The molecule has 0 bridgehead atoms. The number of rotatable bonds is 61. The highest BCUT2D eigenvalue weighted by Crippen LogP contribution is 2.44. The van der Waals surface area contributed by atoms with Crippen molar-refractivity contribution in [2.45, 2.75) is 400 Å². The Hall–Kier alpha value is -4.18. The Balaban J connectivity index is 1.39. The number of Topliss-reactive ketones (excluding diaryl/α,β-unsaturated/α-hetero) is 1. The van der Waals surface area contributed by atoms with Gasteiger partial charge in [-0.3, -0.25) is 4.79 Å². The van der Waals surface area contributed by atoms with Crippen LogP contribution in [0, 0.1) is 11.8 Å². The number of aliphatic hydroxyl groups excluding tert-OH is 1. The van der Waals surface area contributed by atoms with Crippen molar-refractivity contribution in [1.29, 1.82) is 0 Å². The molecule has 0 amide bonds. The first-order chi connectivity index (χ1) is 46.4. The van der Waals surface area contributed by atoms with E-state index in [0.29, 0.717) is 17.7 Å². The highest BCUT2D eigenvalue weighted by molar-refractivity contribution is 6.30. The molecular weight excluding hydrogens is 1140 g/mol. The molecule has 0 spiro atoms. The van der Waals surface area contributed by atoms with Crippen molar-refractivity contribution in [1.82, 2.24) is 0 Å². The molecule has 5 rings (SSSR count). The Labute approximate surface area is 582 Å². The maximum absolute atomic E-state index is 14.6. The van der Waals surface area contributed by atoms with Crippen LogP contribution >= 0.6 is 0 Å². The summed E-state index contributed by atoms with van der Waals surface area (Å²) < 4.78 is 2.68.